The highest BCUT2D eigenvalue weighted by Crippen LogP contribution is 2.28. The van der Waals surface area contributed by atoms with E-state index >= 15 is 0 Å². The van der Waals surface area contributed by atoms with Crippen LogP contribution in [0.25, 0.3) is 10.9 Å². The number of carbonyl (C=O) groups excluding carboxylic acids is 1. The lowest BCUT2D eigenvalue weighted by Gasteiger charge is -2.10. The number of nitrogens with zero attached hydrogens (tertiary/aromatic N) is 1. The summed E-state index contributed by atoms with van der Waals surface area (Å²) in [7, 11) is 0. The smallest absolute Gasteiger partial charge is 0.221 e. The Hall–Kier alpha value is -2.40. The van der Waals surface area contributed by atoms with Crippen LogP contribution in [0.3, 0.4) is 0 Å². The van der Waals surface area contributed by atoms with Crippen LogP contribution in [0, 0.1) is 0 Å². The minimum atomic E-state index is -0.0781. The third kappa shape index (κ3) is 3.26. The zero-order valence-electron chi connectivity index (χ0n) is 11.9. The van der Waals surface area contributed by atoms with Crippen LogP contribution in [0.5, 0.6) is 0 Å². The van der Waals surface area contributed by atoms with Gasteiger partial charge in [-0.1, -0.05) is 15.9 Å². The summed E-state index contributed by atoms with van der Waals surface area (Å²) in [6.45, 7) is 1.49. The SMILES string of the molecule is CC(=O)Nc1ccc(Nc2ccnc3ccc(Br)cc23)cc1. The first-order valence-electron chi connectivity index (χ1n) is 6.81. The summed E-state index contributed by atoms with van der Waals surface area (Å²) in [4.78, 5) is 15.4. The molecule has 0 aliphatic rings. The van der Waals surface area contributed by atoms with E-state index in [-0.39, 0.29) is 5.91 Å². The van der Waals surface area contributed by atoms with Gasteiger partial charge in [-0.05, 0) is 48.5 Å². The zero-order chi connectivity index (χ0) is 15.5. The highest BCUT2D eigenvalue weighted by molar-refractivity contribution is 9.10. The van der Waals surface area contributed by atoms with Gasteiger partial charge in [0.15, 0.2) is 0 Å². The number of pyridine rings is 1. The van der Waals surface area contributed by atoms with Crippen LogP contribution >= 0.6 is 15.9 Å². The van der Waals surface area contributed by atoms with Crippen molar-refractivity contribution < 1.29 is 4.79 Å². The highest BCUT2D eigenvalue weighted by atomic mass is 79.9. The second-order valence-corrected chi connectivity index (χ2v) is 5.82. The van der Waals surface area contributed by atoms with Gasteiger partial charge >= 0.3 is 0 Å². The number of benzene rings is 2. The Morgan fingerprint density at radius 2 is 1.77 bits per heavy atom. The molecule has 0 radical (unpaired) electrons. The lowest BCUT2D eigenvalue weighted by atomic mass is 10.2. The molecule has 110 valence electrons. The number of hydrogen-bond acceptors (Lipinski definition) is 3. The third-order valence-corrected chi connectivity index (χ3v) is 3.68. The van der Waals surface area contributed by atoms with Crippen molar-refractivity contribution in [3.05, 3.63) is 59.2 Å². The summed E-state index contributed by atoms with van der Waals surface area (Å²) in [5, 5.41) is 7.18. The topological polar surface area (TPSA) is 54.0 Å². The number of aromatic nitrogens is 1. The van der Waals surface area contributed by atoms with Crippen LogP contribution < -0.4 is 10.6 Å². The Labute approximate surface area is 136 Å². The number of fused-ring (bicyclic) bond motifs is 1. The molecule has 0 unspecified atom stereocenters. The molecule has 3 aromatic rings. The van der Waals surface area contributed by atoms with Gasteiger partial charge in [0.05, 0.1) is 5.52 Å². The largest absolute Gasteiger partial charge is 0.355 e. The standard InChI is InChI=1S/C17H14BrN3O/c1-11(22)20-13-3-5-14(6-4-13)21-17-8-9-19-16-7-2-12(18)10-15(16)17/h2-10H,1H3,(H,19,21)(H,20,22). The van der Waals surface area contributed by atoms with Crippen molar-refractivity contribution in [1.29, 1.82) is 0 Å². The maximum Gasteiger partial charge on any atom is 0.221 e. The monoisotopic (exact) mass is 355 g/mol. The molecule has 5 heteroatoms. The van der Waals surface area contributed by atoms with Gasteiger partial charge in [0.25, 0.3) is 0 Å². The summed E-state index contributed by atoms with van der Waals surface area (Å²) in [5.41, 5.74) is 3.64. The predicted octanol–water partition coefficient (Wildman–Crippen LogP) is 4.70. The molecule has 0 saturated heterocycles. The normalized spacial score (nSPS) is 10.5. The summed E-state index contributed by atoms with van der Waals surface area (Å²) in [6.07, 6.45) is 1.78. The molecule has 22 heavy (non-hydrogen) atoms. The fraction of sp³-hybridized carbons (Fsp3) is 0.0588. The molecular formula is C17H14BrN3O. The Balaban J connectivity index is 1.89. The fourth-order valence-electron chi connectivity index (χ4n) is 2.22. The molecule has 2 N–H and O–H groups in total. The predicted molar refractivity (Wildman–Crippen MR) is 93.5 cm³/mol. The van der Waals surface area contributed by atoms with Gasteiger partial charge in [-0.15, -0.1) is 0 Å². The van der Waals surface area contributed by atoms with E-state index in [0.29, 0.717) is 0 Å². The maximum atomic E-state index is 11.0. The first kappa shape index (κ1) is 14.5. The van der Waals surface area contributed by atoms with E-state index in [2.05, 4.69) is 31.5 Å². The average molecular weight is 356 g/mol. The van der Waals surface area contributed by atoms with Crippen molar-refractivity contribution in [2.75, 3.05) is 10.6 Å². The van der Waals surface area contributed by atoms with Crippen molar-refractivity contribution >= 4 is 49.8 Å². The Morgan fingerprint density at radius 3 is 2.50 bits per heavy atom. The van der Waals surface area contributed by atoms with E-state index in [4.69, 9.17) is 0 Å². The second kappa shape index (κ2) is 6.15. The summed E-state index contributed by atoms with van der Waals surface area (Å²) >= 11 is 3.49. The molecule has 1 amide bonds. The van der Waals surface area contributed by atoms with Crippen LogP contribution in [-0.4, -0.2) is 10.9 Å². The number of nitrogens with one attached hydrogen (secondary N) is 2. The van der Waals surface area contributed by atoms with E-state index in [0.717, 1.165) is 32.4 Å². The molecule has 3 rings (SSSR count). The molecule has 0 fully saturated rings. The Bertz CT molecular complexity index is 831. The van der Waals surface area contributed by atoms with Gasteiger partial charge < -0.3 is 10.6 Å². The number of amides is 1. The molecule has 0 atom stereocenters. The number of rotatable bonds is 3. The number of halogens is 1. The van der Waals surface area contributed by atoms with Gasteiger partial charge in [-0.3, -0.25) is 9.78 Å². The van der Waals surface area contributed by atoms with Gasteiger partial charge in [0.1, 0.15) is 0 Å². The van der Waals surface area contributed by atoms with Crippen molar-refractivity contribution in [2.24, 2.45) is 0 Å². The molecule has 0 bridgehead atoms. The zero-order valence-corrected chi connectivity index (χ0v) is 13.5. The van der Waals surface area contributed by atoms with E-state index in [1.165, 1.54) is 6.92 Å². The van der Waals surface area contributed by atoms with Gasteiger partial charge in [0.2, 0.25) is 5.91 Å². The summed E-state index contributed by atoms with van der Waals surface area (Å²) in [6, 6.07) is 15.5. The van der Waals surface area contributed by atoms with E-state index in [9.17, 15) is 4.79 Å². The lowest BCUT2D eigenvalue weighted by Crippen LogP contribution is -2.05. The van der Waals surface area contributed by atoms with Crippen LogP contribution in [0.2, 0.25) is 0 Å². The Morgan fingerprint density at radius 1 is 1.05 bits per heavy atom. The third-order valence-electron chi connectivity index (χ3n) is 3.19. The molecule has 0 saturated carbocycles. The van der Waals surface area contributed by atoms with Crippen LogP contribution in [0.1, 0.15) is 6.92 Å². The fourth-order valence-corrected chi connectivity index (χ4v) is 2.58. The minimum Gasteiger partial charge on any atom is -0.355 e. The molecule has 4 nitrogen and oxygen atoms in total. The molecule has 0 aliphatic heterocycles. The van der Waals surface area contributed by atoms with E-state index in [1.54, 1.807) is 6.20 Å². The number of anilines is 3. The van der Waals surface area contributed by atoms with E-state index < -0.39 is 0 Å². The first-order chi connectivity index (χ1) is 10.6. The quantitative estimate of drug-likeness (QED) is 0.715. The van der Waals surface area contributed by atoms with Crippen LogP contribution in [0.4, 0.5) is 17.1 Å². The van der Waals surface area contributed by atoms with Gasteiger partial charge in [0, 0.05) is 40.0 Å². The van der Waals surface area contributed by atoms with Gasteiger partial charge in [-0.2, -0.15) is 0 Å². The molecular weight excluding hydrogens is 342 g/mol. The lowest BCUT2D eigenvalue weighted by molar-refractivity contribution is -0.114. The summed E-state index contributed by atoms with van der Waals surface area (Å²) < 4.78 is 1.01. The van der Waals surface area contributed by atoms with Crippen LogP contribution in [-0.2, 0) is 4.79 Å². The summed E-state index contributed by atoms with van der Waals surface area (Å²) in [5.74, 6) is -0.0781. The van der Waals surface area contributed by atoms with Crippen molar-refractivity contribution in [2.45, 2.75) is 6.92 Å². The molecule has 0 aliphatic carbocycles. The molecule has 1 heterocycles. The maximum absolute atomic E-state index is 11.0. The van der Waals surface area contributed by atoms with Crippen molar-refractivity contribution in [3.8, 4) is 0 Å². The second-order valence-electron chi connectivity index (χ2n) is 4.90. The number of carbonyl (C=O) groups is 1. The number of hydrogen-bond donors (Lipinski definition) is 2. The average Bonchev–Trinajstić information content (AvgIpc) is 2.49. The molecule has 2 aromatic carbocycles. The van der Waals surface area contributed by atoms with E-state index in [1.807, 2.05) is 48.5 Å². The van der Waals surface area contributed by atoms with Crippen molar-refractivity contribution in [1.82, 2.24) is 4.98 Å². The minimum absolute atomic E-state index is 0.0781. The first-order valence-corrected chi connectivity index (χ1v) is 7.60. The van der Waals surface area contributed by atoms with Gasteiger partial charge in [-0.25, -0.2) is 0 Å². The highest BCUT2D eigenvalue weighted by Gasteiger charge is 2.03. The Kier molecular flexibility index (Phi) is 4.06. The molecule has 0 spiro atoms. The van der Waals surface area contributed by atoms with Crippen molar-refractivity contribution in [3.63, 3.8) is 0 Å². The molecule has 1 aromatic heterocycles. The van der Waals surface area contributed by atoms with Crippen LogP contribution in [0.15, 0.2) is 59.2 Å².